The third-order valence-electron chi connectivity index (χ3n) is 2.00. The molecule has 0 spiro atoms. The van der Waals surface area contributed by atoms with Gasteiger partial charge in [-0.2, -0.15) is 0 Å². The summed E-state index contributed by atoms with van der Waals surface area (Å²) in [6.07, 6.45) is 0. The Balaban J connectivity index is 2.51. The molecular formula is C11H12FNO3S. The Morgan fingerprint density at radius 1 is 1.41 bits per heavy atom. The van der Waals surface area contributed by atoms with E-state index in [2.05, 4.69) is 5.32 Å². The number of carboxylic acid groups (broad SMARTS) is 1. The first-order chi connectivity index (χ1) is 8.00. The molecule has 2 N–H and O–H groups in total. The zero-order valence-electron chi connectivity index (χ0n) is 9.20. The fourth-order valence-corrected chi connectivity index (χ4v) is 1.69. The molecule has 1 aromatic rings. The third-order valence-corrected chi connectivity index (χ3v) is 2.92. The summed E-state index contributed by atoms with van der Waals surface area (Å²) in [7, 11) is 0. The molecule has 0 unspecified atom stereocenters. The molecule has 17 heavy (non-hydrogen) atoms. The first-order valence-electron chi connectivity index (χ1n) is 4.85. The number of thioether (sulfide) groups is 1. The Labute approximate surface area is 102 Å². The average molecular weight is 257 g/mol. The van der Waals surface area contributed by atoms with E-state index < -0.39 is 5.97 Å². The van der Waals surface area contributed by atoms with Gasteiger partial charge >= 0.3 is 5.97 Å². The topological polar surface area (TPSA) is 66.4 Å². The molecule has 0 saturated heterocycles. The molecule has 0 aliphatic heterocycles. The first kappa shape index (κ1) is 13.5. The van der Waals surface area contributed by atoms with Gasteiger partial charge in [0.2, 0.25) is 5.91 Å². The van der Waals surface area contributed by atoms with Crippen molar-refractivity contribution in [3.05, 3.63) is 29.6 Å². The van der Waals surface area contributed by atoms with E-state index in [-0.39, 0.29) is 23.2 Å². The van der Waals surface area contributed by atoms with Gasteiger partial charge in [0.05, 0.1) is 11.5 Å². The van der Waals surface area contributed by atoms with Gasteiger partial charge in [0, 0.05) is 11.3 Å². The largest absolute Gasteiger partial charge is 0.481 e. The highest BCUT2D eigenvalue weighted by atomic mass is 32.2. The van der Waals surface area contributed by atoms with Crippen molar-refractivity contribution >= 4 is 29.3 Å². The predicted molar refractivity (Wildman–Crippen MR) is 64.7 cm³/mol. The summed E-state index contributed by atoms with van der Waals surface area (Å²) in [6.45, 7) is 1.56. The number of benzene rings is 1. The van der Waals surface area contributed by atoms with E-state index in [4.69, 9.17) is 5.11 Å². The zero-order valence-corrected chi connectivity index (χ0v) is 10.0. The van der Waals surface area contributed by atoms with Gasteiger partial charge in [-0.25, -0.2) is 4.39 Å². The molecular weight excluding hydrogens is 245 g/mol. The van der Waals surface area contributed by atoms with E-state index in [0.717, 1.165) is 11.8 Å². The molecule has 0 saturated carbocycles. The standard InChI is InChI=1S/C11H12FNO3S/c1-7-8(12)3-2-4-9(7)13-10(14)5-17-6-11(15)16/h2-4H,5-6H2,1H3,(H,13,14)(H,15,16). The van der Waals surface area contributed by atoms with Crippen LogP contribution in [0.15, 0.2) is 18.2 Å². The monoisotopic (exact) mass is 257 g/mol. The summed E-state index contributed by atoms with van der Waals surface area (Å²) in [5.74, 6) is -1.80. The number of halogens is 1. The number of carbonyl (C=O) groups is 2. The maximum Gasteiger partial charge on any atom is 0.313 e. The van der Waals surface area contributed by atoms with Gasteiger partial charge in [0.1, 0.15) is 5.82 Å². The minimum atomic E-state index is -0.968. The number of carbonyl (C=O) groups excluding carboxylic acids is 1. The smallest absolute Gasteiger partial charge is 0.313 e. The van der Waals surface area contributed by atoms with Gasteiger partial charge in [-0.1, -0.05) is 6.07 Å². The minimum absolute atomic E-state index is 0.0300. The summed E-state index contributed by atoms with van der Waals surface area (Å²) < 4.78 is 13.2. The lowest BCUT2D eigenvalue weighted by atomic mass is 10.2. The molecule has 1 amide bonds. The molecule has 0 bridgehead atoms. The second-order valence-corrected chi connectivity index (χ2v) is 4.33. The lowest BCUT2D eigenvalue weighted by Gasteiger charge is -2.08. The lowest BCUT2D eigenvalue weighted by molar-refractivity contribution is -0.133. The van der Waals surface area contributed by atoms with Crippen molar-refractivity contribution in [3.63, 3.8) is 0 Å². The number of anilines is 1. The fraction of sp³-hybridized carbons (Fsp3) is 0.273. The second kappa shape index (κ2) is 6.24. The van der Waals surface area contributed by atoms with E-state index in [0.29, 0.717) is 11.3 Å². The van der Waals surface area contributed by atoms with E-state index in [9.17, 15) is 14.0 Å². The van der Waals surface area contributed by atoms with Gasteiger partial charge in [-0.15, -0.1) is 11.8 Å². The molecule has 1 aromatic carbocycles. The second-order valence-electron chi connectivity index (χ2n) is 3.35. The van der Waals surface area contributed by atoms with E-state index in [1.807, 2.05) is 0 Å². The van der Waals surface area contributed by atoms with Crippen molar-refractivity contribution < 1.29 is 19.1 Å². The highest BCUT2D eigenvalue weighted by molar-refractivity contribution is 8.00. The summed E-state index contributed by atoms with van der Waals surface area (Å²) in [4.78, 5) is 21.6. The van der Waals surface area contributed by atoms with Crippen LogP contribution < -0.4 is 5.32 Å². The van der Waals surface area contributed by atoms with Crippen molar-refractivity contribution in [2.75, 3.05) is 16.8 Å². The van der Waals surface area contributed by atoms with Gasteiger partial charge in [0.25, 0.3) is 0 Å². The fourth-order valence-electron chi connectivity index (χ4n) is 1.16. The predicted octanol–water partition coefficient (Wildman–Crippen LogP) is 1.89. The molecule has 4 nitrogen and oxygen atoms in total. The highest BCUT2D eigenvalue weighted by Crippen LogP contribution is 2.17. The van der Waals surface area contributed by atoms with Crippen LogP contribution in [0.25, 0.3) is 0 Å². The number of rotatable bonds is 5. The number of amides is 1. The summed E-state index contributed by atoms with van der Waals surface area (Å²) in [5, 5.41) is 10.9. The molecule has 92 valence electrons. The maximum atomic E-state index is 13.2. The Morgan fingerprint density at radius 2 is 2.12 bits per heavy atom. The van der Waals surface area contributed by atoms with Crippen LogP contribution in [0, 0.1) is 12.7 Å². The van der Waals surface area contributed by atoms with Gasteiger partial charge in [-0.3, -0.25) is 9.59 Å². The molecule has 0 fully saturated rings. The molecule has 0 atom stereocenters. The van der Waals surface area contributed by atoms with Crippen LogP contribution in [-0.2, 0) is 9.59 Å². The zero-order chi connectivity index (χ0) is 12.8. The van der Waals surface area contributed by atoms with Crippen molar-refractivity contribution in [2.24, 2.45) is 0 Å². The van der Waals surface area contributed by atoms with Crippen LogP contribution in [0.2, 0.25) is 0 Å². The highest BCUT2D eigenvalue weighted by Gasteiger charge is 2.08. The van der Waals surface area contributed by atoms with Gasteiger partial charge in [-0.05, 0) is 19.1 Å². The lowest BCUT2D eigenvalue weighted by Crippen LogP contribution is -2.16. The van der Waals surface area contributed by atoms with Crippen LogP contribution in [0.5, 0.6) is 0 Å². The maximum absolute atomic E-state index is 13.2. The van der Waals surface area contributed by atoms with Crippen LogP contribution in [0.4, 0.5) is 10.1 Å². The average Bonchev–Trinajstić information content (AvgIpc) is 2.24. The van der Waals surface area contributed by atoms with Gasteiger partial charge < -0.3 is 10.4 Å². The number of nitrogens with one attached hydrogen (secondary N) is 1. The van der Waals surface area contributed by atoms with E-state index in [1.165, 1.54) is 12.1 Å². The molecule has 1 rings (SSSR count). The van der Waals surface area contributed by atoms with Crippen LogP contribution in [-0.4, -0.2) is 28.5 Å². The summed E-state index contributed by atoms with van der Waals surface area (Å²) in [5.41, 5.74) is 0.773. The van der Waals surface area contributed by atoms with Crippen molar-refractivity contribution in [1.29, 1.82) is 0 Å². The van der Waals surface area contributed by atoms with Crippen molar-refractivity contribution in [3.8, 4) is 0 Å². The number of hydrogen-bond acceptors (Lipinski definition) is 3. The van der Waals surface area contributed by atoms with E-state index in [1.54, 1.807) is 13.0 Å². The third kappa shape index (κ3) is 4.44. The SMILES string of the molecule is Cc1c(F)cccc1NC(=O)CSCC(=O)O. The molecule has 6 heteroatoms. The normalized spacial score (nSPS) is 10.0. The number of aliphatic carboxylic acids is 1. The summed E-state index contributed by atoms with van der Waals surface area (Å²) >= 11 is 0.993. The van der Waals surface area contributed by atoms with Gasteiger partial charge in [0.15, 0.2) is 0 Å². The van der Waals surface area contributed by atoms with E-state index >= 15 is 0 Å². The molecule has 0 aromatic heterocycles. The molecule has 0 aliphatic carbocycles. The van der Waals surface area contributed by atoms with Crippen LogP contribution in [0.3, 0.4) is 0 Å². The molecule has 0 radical (unpaired) electrons. The number of carboxylic acids is 1. The van der Waals surface area contributed by atoms with Crippen molar-refractivity contribution in [2.45, 2.75) is 6.92 Å². The Bertz CT molecular complexity index is 437. The molecule has 0 heterocycles. The Kier molecular flexibility index (Phi) is 4.96. The quantitative estimate of drug-likeness (QED) is 0.845. The first-order valence-corrected chi connectivity index (χ1v) is 6.00. The Morgan fingerprint density at radius 3 is 2.76 bits per heavy atom. The van der Waals surface area contributed by atoms with Crippen molar-refractivity contribution in [1.82, 2.24) is 0 Å². The van der Waals surface area contributed by atoms with Crippen LogP contribution in [0.1, 0.15) is 5.56 Å². The van der Waals surface area contributed by atoms with Crippen LogP contribution >= 0.6 is 11.8 Å². The molecule has 0 aliphatic rings. The number of hydrogen-bond donors (Lipinski definition) is 2. The Hall–Kier alpha value is -1.56. The summed E-state index contributed by atoms with van der Waals surface area (Å²) in [6, 6.07) is 4.41. The minimum Gasteiger partial charge on any atom is -0.481 e.